The van der Waals surface area contributed by atoms with Crippen LogP contribution in [-0.2, 0) is 24.9 Å². The van der Waals surface area contributed by atoms with Crippen LogP contribution in [0.2, 0.25) is 0 Å². The quantitative estimate of drug-likeness (QED) is 0.277. The first kappa shape index (κ1) is 26.6. The Morgan fingerprint density at radius 3 is 2.51 bits per heavy atom. The van der Waals surface area contributed by atoms with Gasteiger partial charge in [0.25, 0.3) is 0 Å². The van der Waals surface area contributed by atoms with E-state index >= 15 is 0 Å². The topological polar surface area (TPSA) is 72.9 Å². The number of benzene rings is 2. The molecule has 2 aromatic carbocycles. The molecule has 0 aliphatic heterocycles. The molecule has 0 saturated carbocycles. The molecule has 0 bridgehead atoms. The second-order valence-corrected chi connectivity index (χ2v) is 10.0. The maximum absolute atomic E-state index is 13.9. The molecule has 7 nitrogen and oxygen atoms in total. The Labute approximate surface area is 217 Å². The molecule has 37 heavy (non-hydrogen) atoms. The third-order valence-electron chi connectivity index (χ3n) is 5.66. The Morgan fingerprint density at radius 1 is 1.05 bits per heavy atom. The summed E-state index contributed by atoms with van der Waals surface area (Å²) < 4.78 is 33.2. The molecule has 1 unspecified atom stereocenters. The van der Waals surface area contributed by atoms with Gasteiger partial charge in [0.05, 0.1) is 36.7 Å². The Bertz CT molecular complexity index is 1270. The highest BCUT2D eigenvalue weighted by molar-refractivity contribution is 5.65. The Balaban J connectivity index is 1.68. The largest absolute Gasteiger partial charge is 0.468 e. The van der Waals surface area contributed by atoms with E-state index in [2.05, 4.69) is 4.90 Å². The number of aliphatic hydroxyl groups excluding tert-OH is 1. The van der Waals surface area contributed by atoms with Gasteiger partial charge in [0.2, 0.25) is 5.88 Å². The second kappa shape index (κ2) is 11.7. The molecule has 0 aliphatic rings. The van der Waals surface area contributed by atoms with Crippen molar-refractivity contribution in [3.05, 3.63) is 90.1 Å². The van der Waals surface area contributed by atoms with Crippen molar-refractivity contribution in [2.75, 3.05) is 13.2 Å². The van der Waals surface area contributed by atoms with E-state index in [1.807, 2.05) is 63.2 Å². The summed E-state index contributed by atoms with van der Waals surface area (Å²) in [5.41, 5.74) is 2.13. The van der Waals surface area contributed by atoms with Gasteiger partial charge in [-0.2, -0.15) is 5.10 Å². The predicted octanol–water partition coefficient (Wildman–Crippen LogP) is 5.79. The summed E-state index contributed by atoms with van der Waals surface area (Å²) in [5, 5.41) is 15.6. The first-order chi connectivity index (χ1) is 17.7. The maximum Gasteiger partial charge on any atom is 0.222 e. The van der Waals surface area contributed by atoms with Crippen molar-refractivity contribution in [2.24, 2.45) is 7.05 Å². The zero-order chi connectivity index (χ0) is 26.4. The number of nitrogens with zero attached hydrogens (tertiary/aromatic N) is 3. The summed E-state index contributed by atoms with van der Waals surface area (Å²) in [5.74, 6) is 1.25. The number of aliphatic hydroxyl groups is 1. The minimum absolute atomic E-state index is 0.198. The average molecular weight is 508 g/mol. The standard InChI is InChI=1S/C29H34FN3O4/c1-29(2,3)36-20-23(34)17-33(18-25-14-9-15-35-25)19-26-27(21-10-6-5-7-11-21)31-32(4)28(26)37-24-13-8-12-22(30)16-24/h5-16,23,34H,17-20H2,1-4H3. The molecular weight excluding hydrogens is 473 g/mol. The molecule has 0 spiro atoms. The van der Waals surface area contributed by atoms with Crippen molar-refractivity contribution in [3.63, 3.8) is 0 Å². The fraction of sp³-hybridized carbons (Fsp3) is 0.345. The molecule has 196 valence electrons. The van der Waals surface area contributed by atoms with Crippen molar-refractivity contribution < 1.29 is 23.4 Å². The van der Waals surface area contributed by atoms with Gasteiger partial charge >= 0.3 is 0 Å². The molecule has 4 rings (SSSR count). The van der Waals surface area contributed by atoms with E-state index in [0.717, 1.165) is 22.6 Å². The van der Waals surface area contributed by atoms with Crippen molar-refractivity contribution >= 4 is 0 Å². The number of halogens is 1. The Morgan fingerprint density at radius 2 is 1.84 bits per heavy atom. The number of aromatic nitrogens is 2. The van der Waals surface area contributed by atoms with Crippen LogP contribution in [0.1, 0.15) is 32.1 Å². The van der Waals surface area contributed by atoms with Crippen LogP contribution in [0.5, 0.6) is 11.6 Å². The molecule has 1 atom stereocenters. The zero-order valence-corrected chi connectivity index (χ0v) is 21.7. The molecule has 2 aromatic heterocycles. The Kier molecular flexibility index (Phi) is 8.43. The molecule has 0 aliphatic carbocycles. The highest BCUT2D eigenvalue weighted by Crippen LogP contribution is 2.34. The van der Waals surface area contributed by atoms with Gasteiger partial charge in [-0.05, 0) is 45.0 Å². The van der Waals surface area contributed by atoms with Gasteiger partial charge < -0.3 is 19.0 Å². The van der Waals surface area contributed by atoms with Gasteiger partial charge in [-0.25, -0.2) is 9.07 Å². The van der Waals surface area contributed by atoms with Crippen LogP contribution in [-0.4, -0.2) is 44.6 Å². The molecule has 0 radical (unpaired) electrons. The lowest BCUT2D eigenvalue weighted by Gasteiger charge is -2.27. The minimum Gasteiger partial charge on any atom is -0.468 e. The van der Waals surface area contributed by atoms with Gasteiger partial charge in [-0.3, -0.25) is 4.90 Å². The smallest absolute Gasteiger partial charge is 0.222 e. The lowest BCUT2D eigenvalue weighted by atomic mass is 10.1. The summed E-state index contributed by atoms with van der Waals surface area (Å²) in [6, 6.07) is 19.6. The van der Waals surface area contributed by atoms with Crippen molar-refractivity contribution in [1.82, 2.24) is 14.7 Å². The van der Waals surface area contributed by atoms with Crippen LogP contribution < -0.4 is 4.74 Å². The SMILES string of the molecule is Cn1nc(-c2ccccc2)c(CN(Cc2ccco2)CC(O)COC(C)(C)C)c1Oc1cccc(F)c1. The third-order valence-corrected chi connectivity index (χ3v) is 5.66. The van der Waals surface area contributed by atoms with Gasteiger partial charge in [0.15, 0.2) is 0 Å². The molecule has 0 saturated heterocycles. The maximum atomic E-state index is 13.9. The second-order valence-electron chi connectivity index (χ2n) is 10.0. The fourth-order valence-corrected chi connectivity index (χ4v) is 4.02. The first-order valence-electron chi connectivity index (χ1n) is 12.3. The highest BCUT2D eigenvalue weighted by Gasteiger charge is 2.25. The van der Waals surface area contributed by atoms with E-state index in [1.54, 1.807) is 30.1 Å². The van der Waals surface area contributed by atoms with Crippen LogP contribution in [0.25, 0.3) is 11.3 Å². The molecule has 2 heterocycles. The van der Waals surface area contributed by atoms with Gasteiger partial charge in [-0.1, -0.05) is 36.4 Å². The van der Waals surface area contributed by atoms with Crippen molar-refractivity contribution in [1.29, 1.82) is 0 Å². The van der Waals surface area contributed by atoms with Crippen molar-refractivity contribution in [3.8, 4) is 22.9 Å². The molecular formula is C29H34FN3O4. The molecule has 0 fully saturated rings. The monoisotopic (exact) mass is 507 g/mol. The van der Waals surface area contributed by atoms with Crippen molar-refractivity contribution in [2.45, 2.75) is 45.6 Å². The molecule has 8 heteroatoms. The summed E-state index contributed by atoms with van der Waals surface area (Å²) >= 11 is 0. The number of ether oxygens (including phenoxy) is 2. The number of hydrogen-bond acceptors (Lipinski definition) is 6. The summed E-state index contributed by atoms with van der Waals surface area (Å²) in [6.45, 7) is 7.26. The van der Waals surface area contributed by atoms with Gasteiger partial charge in [-0.15, -0.1) is 0 Å². The van der Waals surface area contributed by atoms with E-state index in [9.17, 15) is 9.50 Å². The minimum atomic E-state index is -0.723. The predicted molar refractivity (Wildman–Crippen MR) is 140 cm³/mol. The summed E-state index contributed by atoms with van der Waals surface area (Å²) in [4.78, 5) is 2.07. The van der Waals surface area contributed by atoms with E-state index in [1.165, 1.54) is 12.1 Å². The number of hydrogen-bond donors (Lipinski definition) is 1. The lowest BCUT2D eigenvalue weighted by molar-refractivity contribution is -0.0576. The van der Waals surface area contributed by atoms with E-state index in [-0.39, 0.29) is 18.0 Å². The highest BCUT2D eigenvalue weighted by atomic mass is 19.1. The zero-order valence-electron chi connectivity index (χ0n) is 21.7. The normalized spacial score (nSPS) is 12.7. The molecule has 1 N–H and O–H groups in total. The average Bonchev–Trinajstić information content (AvgIpc) is 3.46. The van der Waals surface area contributed by atoms with Gasteiger partial charge in [0.1, 0.15) is 23.0 Å². The number of rotatable bonds is 11. The third kappa shape index (κ3) is 7.52. The Hall–Kier alpha value is -3.46. The van der Waals surface area contributed by atoms with E-state index in [0.29, 0.717) is 31.3 Å². The summed E-state index contributed by atoms with van der Waals surface area (Å²) in [7, 11) is 1.80. The number of furan rings is 1. The van der Waals surface area contributed by atoms with E-state index < -0.39 is 6.10 Å². The van der Waals surface area contributed by atoms with Crippen LogP contribution in [0.15, 0.2) is 77.4 Å². The molecule has 4 aromatic rings. The fourth-order valence-electron chi connectivity index (χ4n) is 4.02. The van der Waals surface area contributed by atoms with E-state index in [4.69, 9.17) is 19.0 Å². The number of aryl methyl sites for hydroxylation is 1. The van der Waals surface area contributed by atoms with Gasteiger partial charge in [0, 0.05) is 31.8 Å². The first-order valence-corrected chi connectivity index (χ1v) is 12.3. The van der Waals surface area contributed by atoms with Crippen LogP contribution >= 0.6 is 0 Å². The van der Waals surface area contributed by atoms with Crippen LogP contribution in [0, 0.1) is 5.82 Å². The summed E-state index contributed by atoms with van der Waals surface area (Å²) in [6.07, 6.45) is 0.906. The lowest BCUT2D eigenvalue weighted by Crippen LogP contribution is -2.36. The van der Waals surface area contributed by atoms with Crippen LogP contribution in [0.4, 0.5) is 4.39 Å². The molecule has 0 amide bonds. The van der Waals surface area contributed by atoms with Crippen LogP contribution in [0.3, 0.4) is 0 Å².